The van der Waals surface area contributed by atoms with Crippen LogP contribution in [-0.2, 0) is 17.6 Å². The van der Waals surface area contributed by atoms with E-state index in [1.807, 2.05) is 50.2 Å². The first-order valence-electron chi connectivity index (χ1n) is 7.65. The Kier molecular flexibility index (Phi) is 5.59. The fourth-order valence-corrected chi connectivity index (χ4v) is 2.25. The van der Waals surface area contributed by atoms with Crippen LogP contribution in [0.4, 0.5) is 0 Å². The second-order valence-electron chi connectivity index (χ2n) is 5.14. The molecule has 0 heterocycles. The molecule has 0 fully saturated rings. The summed E-state index contributed by atoms with van der Waals surface area (Å²) in [5.41, 5.74) is 3.23. The monoisotopic (exact) mass is 298 g/mol. The van der Waals surface area contributed by atoms with Crippen molar-refractivity contribution in [1.29, 1.82) is 0 Å². The van der Waals surface area contributed by atoms with E-state index in [-0.39, 0.29) is 12.4 Å². The normalized spacial score (nSPS) is 10.3. The number of benzene rings is 2. The molecule has 0 radical (unpaired) electrons. The highest BCUT2D eigenvalue weighted by Crippen LogP contribution is 2.29. The first-order chi connectivity index (χ1) is 10.6. The Morgan fingerprint density at radius 1 is 1.05 bits per heavy atom. The summed E-state index contributed by atoms with van der Waals surface area (Å²) in [4.78, 5) is 12.2. The largest absolute Gasteiger partial charge is 0.490 e. The van der Waals surface area contributed by atoms with Crippen molar-refractivity contribution in [3.63, 3.8) is 0 Å². The molecule has 22 heavy (non-hydrogen) atoms. The molecule has 2 rings (SSSR count). The van der Waals surface area contributed by atoms with Crippen LogP contribution in [-0.4, -0.2) is 12.6 Å². The summed E-state index contributed by atoms with van der Waals surface area (Å²) < 4.78 is 11.1. The zero-order valence-corrected chi connectivity index (χ0v) is 13.4. The zero-order valence-electron chi connectivity index (χ0n) is 13.4. The van der Waals surface area contributed by atoms with E-state index in [9.17, 15) is 4.79 Å². The van der Waals surface area contributed by atoms with Crippen LogP contribution in [0.3, 0.4) is 0 Å². The lowest BCUT2D eigenvalue weighted by Gasteiger charge is -2.12. The Labute approximate surface area is 131 Å². The molecule has 116 valence electrons. The minimum atomic E-state index is -0.278. The van der Waals surface area contributed by atoms with Crippen molar-refractivity contribution in [3.05, 3.63) is 59.2 Å². The van der Waals surface area contributed by atoms with Crippen LogP contribution in [0.1, 0.15) is 30.5 Å². The van der Waals surface area contributed by atoms with Gasteiger partial charge in [-0.25, -0.2) is 0 Å². The fourth-order valence-electron chi connectivity index (χ4n) is 2.25. The molecule has 0 N–H and O–H groups in total. The van der Waals surface area contributed by atoms with E-state index in [0.717, 1.165) is 23.1 Å². The summed E-state index contributed by atoms with van der Waals surface area (Å²) >= 11 is 0. The molecule has 0 saturated heterocycles. The molecule has 0 atom stereocenters. The molecular formula is C19H22O3. The molecule has 0 amide bonds. The zero-order chi connectivity index (χ0) is 15.9. The van der Waals surface area contributed by atoms with Crippen molar-refractivity contribution in [2.45, 2.75) is 33.6 Å². The maximum Gasteiger partial charge on any atom is 0.315 e. The number of ether oxygens (including phenoxy) is 2. The molecule has 0 saturated carbocycles. The quantitative estimate of drug-likeness (QED) is 0.595. The summed E-state index contributed by atoms with van der Waals surface area (Å²) in [6.07, 6.45) is 1.17. The number of carbonyl (C=O) groups excluding carboxylic acids is 1. The number of rotatable bonds is 6. The predicted octanol–water partition coefficient (Wildman–Crippen LogP) is 4.10. The summed E-state index contributed by atoms with van der Waals surface area (Å²) in [6.45, 7) is 6.52. The molecular weight excluding hydrogens is 276 g/mol. The molecule has 0 aliphatic rings. The molecule has 0 aliphatic heterocycles. The van der Waals surface area contributed by atoms with Crippen molar-refractivity contribution < 1.29 is 14.3 Å². The molecule has 0 spiro atoms. The van der Waals surface area contributed by atoms with Crippen LogP contribution in [0.25, 0.3) is 0 Å². The standard InChI is InChI=1S/C19H22O3/c1-4-15-10-11-17(18(12-15)21-5-2)22-19(20)13-16-9-7-6-8-14(16)3/h6-12H,4-5,13H2,1-3H3. The van der Waals surface area contributed by atoms with Gasteiger partial charge in [0.05, 0.1) is 13.0 Å². The molecule has 3 nitrogen and oxygen atoms in total. The molecule has 0 aromatic heterocycles. The Hall–Kier alpha value is -2.29. The third kappa shape index (κ3) is 4.10. The first kappa shape index (κ1) is 16.1. The van der Waals surface area contributed by atoms with Gasteiger partial charge in [0.2, 0.25) is 0 Å². The minimum Gasteiger partial charge on any atom is -0.490 e. The number of esters is 1. The molecule has 0 bridgehead atoms. The second-order valence-corrected chi connectivity index (χ2v) is 5.14. The van der Waals surface area contributed by atoms with E-state index in [4.69, 9.17) is 9.47 Å². The van der Waals surface area contributed by atoms with Crippen molar-refractivity contribution >= 4 is 5.97 Å². The maximum atomic E-state index is 12.2. The Balaban J connectivity index is 2.12. The maximum absolute atomic E-state index is 12.2. The smallest absolute Gasteiger partial charge is 0.315 e. The average molecular weight is 298 g/mol. The Morgan fingerprint density at radius 2 is 1.82 bits per heavy atom. The highest BCUT2D eigenvalue weighted by molar-refractivity contribution is 5.76. The van der Waals surface area contributed by atoms with Crippen molar-refractivity contribution in [2.75, 3.05) is 6.61 Å². The van der Waals surface area contributed by atoms with Gasteiger partial charge in [-0.2, -0.15) is 0 Å². The summed E-state index contributed by atoms with van der Waals surface area (Å²) in [5.74, 6) is 0.831. The van der Waals surface area contributed by atoms with Crippen LogP contribution in [0.2, 0.25) is 0 Å². The van der Waals surface area contributed by atoms with Gasteiger partial charge < -0.3 is 9.47 Å². The number of hydrogen-bond acceptors (Lipinski definition) is 3. The molecule has 0 aliphatic carbocycles. The van der Waals surface area contributed by atoms with Gasteiger partial charge in [-0.05, 0) is 49.1 Å². The number of hydrogen-bond donors (Lipinski definition) is 0. The van der Waals surface area contributed by atoms with Gasteiger partial charge in [0, 0.05) is 0 Å². The minimum absolute atomic E-state index is 0.258. The van der Waals surface area contributed by atoms with Gasteiger partial charge in [-0.15, -0.1) is 0 Å². The third-order valence-electron chi connectivity index (χ3n) is 3.54. The van der Waals surface area contributed by atoms with E-state index in [1.165, 1.54) is 0 Å². The van der Waals surface area contributed by atoms with Crippen LogP contribution >= 0.6 is 0 Å². The van der Waals surface area contributed by atoms with Crippen LogP contribution < -0.4 is 9.47 Å². The van der Waals surface area contributed by atoms with Crippen LogP contribution in [0, 0.1) is 6.92 Å². The number of aryl methyl sites for hydroxylation is 2. The molecule has 2 aromatic rings. The third-order valence-corrected chi connectivity index (χ3v) is 3.54. The van der Waals surface area contributed by atoms with Gasteiger partial charge in [0.1, 0.15) is 0 Å². The van der Waals surface area contributed by atoms with E-state index in [0.29, 0.717) is 18.1 Å². The summed E-state index contributed by atoms with van der Waals surface area (Å²) in [6, 6.07) is 13.5. The molecule has 0 unspecified atom stereocenters. The second kappa shape index (κ2) is 7.64. The van der Waals surface area contributed by atoms with Gasteiger partial charge in [0.25, 0.3) is 0 Å². The Bertz CT molecular complexity index is 647. The van der Waals surface area contributed by atoms with E-state index < -0.39 is 0 Å². The first-order valence-corrected chi connectivity index (χ1v) is 7.65. The van der Waals surface area contributed by atoms with Crippen molar-refractivity contribution in [2.24, 2.45) is 0 Å². The highest BCUT2D eigenvalue weighted by atomic mass is 16.6. The summed E-state index contributed by atoms with van der Waals surface area (Å²) in [7, 11) is 0. The lowest BCUT2D eigenvalue weighted by molar-refractivity contribution is -0.133. The summed E-state index contributed by atoms with van der Waals surface area (Å²) in [5, 5.41) is 0. The van der Waals surface area contributed by atoms with E-state index >= 15 is 0 Å². The van der Waals surface area contributed by atoms with Gasteiger partial charge in [0.15, 0.2) is 11.5 Å². The average Bonchev–Trinajstić information content (AvgIpc) is 2.51. The predicted molar refractivity (Wildman–Crippen MR) is 87.5 cm³/mol. The van der Waals surface area contributed by atoms with Gasteiger partial charge in [-0.1, -0.05) is 37.3 Å². The number of carbonyl (C=O) groups is 1. The van der Waals surface area contributed by atoms with Crippen molar-refractivity contribution in [3.8, 4) is 11.5 Å². The van der Waals surface area contributed by atoms with E-state index in [1.54, 1.807) is 6.07 Å². The van der Waals surface area contributed by atoms with Crippen LogP contribution in [0.15, 0.2) is 42.5 Å². The lowest BCUT2D eigenvalue weighted by Crippen LogP contribution is -2.13. The Morgan fingerprint density at radius 3 is 2.50 bits per heavy atom. The topological polar surface area (TPSA) is 35.5 Å². The molecule has 3 heteroatoms. The van der Waals surface area contributed by atoms with E-state index in [2.05, 4.69) is 6.92 Å². The molecule has 2 aromatic carbocycles. The SMILES string of the molecule is CCOc1cc(CC)ccc1OC(=O)Cc1ccccc1C. The lowest BCUT2D eigenvalue weighted by atomic mass is 10.1. The van der Waals surface area contributed by atoms with Crippen molar-refractivity contribution in [1.82, 2.24) is 0 Å². The van der Waals surface area contributed by atoms with Gasteiger partial charge >= 0.3 is 5.97 Å². The van der Waals surface area contributed by atoms with Crippen LogP contribution in [0.5, 0.6) is 11.5 Å². The van der Waals surface area contributed by atoms with Gasteiger partial charge in [-0.3, -0.25) is 4.79 Å². The highest BCUT2D eigenvalue weighted by Gasteiger charge is 2.12. The fraction of sp³-hybridized carbons (Fsp3) is 0.316.